The average molecular weight is 286 g/mol. The van der Waals surface area contributed by atoms with Crippen LogP contribution in [-0.4, -0.2) is 19.3 Å². The zero-order valence-electron chi connectivity index (χ0n) is 11.1. The van der Waals surface area contributed by atoms with E-state index >= 15 is 0 Å². The van der Waals surface area contributed by atoms with Crippen LogP contribution in [0.4, 0.5) is 4.39 Å². The predicted octanol–water partition coefficient (Wildman–Crippen LogP) is 3.92. The molecule has 0 bridgehead atoms. The molecule has 106 valence electrons. The van der Waals surface area contributed by atoms with E-state index < -0.39 is 0 Å². The van der Waals surface area contributed by atoms with Crippen molar-refractivity contribution in [2.24, 2.45) is 0 Å². The third-order valence-electron chi connectivity index (χ3n) is 3.52. The van der Waals surface area contributed by atoms with E-state index in [1.807, 2.05) is 0 Å². The second kappa shape index (κ2) is 7.83. The van der Waals surface area contributed by atoms with Crippen molar-refractivity contribution in [3.8, 4) is 0 Å². The summed E-state index contributed by atoms with van der Waals surface area (Å²) in [5.41, 5.74) is 0.917. The van der Waals surface area contributed by atoms with Gasteiger partial charge in [-0.1, -0.05) is 36.9 Å². The highest BCUT2D eigenvalue weighted by molar-refractivity contribution is 6.31. The van der Waals surface area contributed by atoms with E-state index in [1.54, 1.807) is 6.07 Å². The van der Waals surface area contributed by atoms with Crippen LogP contribution in [0.5, 0.6) is 0 Å². The Balaban J connectivity index is 1.61. The molecule has 4 heteroatoms. The molecule has 0 radical (unpaired) electrons. The highest BCUT2D eigenvalue weighted by atomic mass is 35.5. The van der Waals surface area contributed by atoms with E-state index in [0.29, 0.717) is 17.7 Å². The van der Waals surface area contributed by atoms with E-state index in [4.69, 9.17) is 16.3 Å². The summed E-state index contributed by atoms with van der Waals surface area (Å²) in [5, 5.41) is 3.74. The summed E-state index contributed by atoms with van der Waals surface area (Å²) in [4.78, 5) is 0. The molecule has 0 heterocycles. The minimum Gasteiger partial charge on any atom is -0.377 e. The van der Waals surface area contributed by atoms with Gasteiger partial charge in [-0.3, -0.25) is 0 Å². The molecule has 1 fully saturated rings. The van der Waals surface area contributed by atoms with Gasteiger partial charge in [0.15, 0.2) is 0 Å². The smallest absolute Gasteiger partial charge is 0.124 e. The van der Waals surface area contributed by atoms with Gasteiger partial charge >= 0.3 is 0 Å². The lowest BCUT2D eigenvalue weighted by Gasteiger charge is -2.22. The molecular weight excluding hydrogens is 265 g/mol. The van der Waals surface area contributed by atoms with Crippen LogP contribution in [-0.2, 0) is 11.3 Å². The molecule has 1 aromatic carbocycles. The minimum atomic E-state index is -0.297. The van der Waals surface area contributed by atoms with Crippen LogP contribution < -0.4 is 5.32 Å². The van der Waals surface area contributed by atoms with Gasteiger partial charge in [0.2, 0.25) is 0 Å². The van der Waals surface area contributed by atoms with Gasteiger partial charge in [-0.25, -0.2) is 4.39 Å². The summed E-state index contributed by atoms with van der Waals surface area (Å²) >= 11 is 5.95. The van der Waals surface area contributed by atoms with Gasteiger partial charge in [-0.15, -0.1) is 0 Å². The maximum atomic E-state index is 12.9. The molecule has 1 N–H and O–H groups in total. The van der Waals surface area contributed by atoms with Crippen molar-refractivity contribution >= 4 is 11.6 Å². The van der Waals surface area contributed by atoms with Crippen LogP contribution >= 0.6 is 11.6 Å². The van der Waals surface area contributed by atoms with E-state index in [-0.39, 0.29) is 5.82 Å². The summed E-state index contributed by atoms with van der Waals surface area (Å²) in [6, 6.07) is 4.49. The Labute approximate surface area is 119 Å². The van der Waals surface area contributed by atoms with Crippen LogP contribution in [0.25, 0.3) is 0 Å². The molecule has 1 aliphatic rings. The topological polar surface area (TPSA) is 21.3 Å². The molecule has 2 nitrogen and oxygen atoms in total. The quantitative estimate of drug-likeness (QED) is 0.800. The van der Waals surface area contributed by atoms with E-state index in [9.17, 15) is 4.39 Å². The minimum absolute atomic E-state index is 0.297. The van der Waals surface area contributed by atoms with Crippen molar-refractivity contribution in [1.82, 2.24) is 5.32 Å². The molecule has 1 saturated carbocycles. The van der Waals surface area contributed by atoms with Crippen molar-refractivity contribution in [3.63, 3.8) is 0 Å². The Bertz CT molecular complexity index is 394. The van der Waals surface area contributed by atoms with Gasteiger partial charge in [0.1, 0.15) is 5.82 Å². The number of rotatable bonds is 6. The Morgan fingerprint density at radius 1 is 1.26 bits per heavy atom. The lowest BCUT2D eigenvalue weighted by Crippen LogP contribution is -2.24. The molecule has 1 aromatic rings. The lowest BCUT2D eigenvalue weighted by atomic mass is 9.98. The third-order valence-corrected chi connectivity index (χ3v) is 3.87. The molecule has 0 aromatic heterocycles. The zero-order chi connectivity index (χ0) is 13.5. The van der Waals surface area contributed by atoms with Crippen molar-refractivity contribution < 1.29 is 9.13 Å². The Morgan fingerprint density at radius 3 is 2.79 bits per heavy atom. The highest BCUT2D eigenvalue weighted by Gasteiger charge is 2.12. The Kier molecular flexibility index (Phi) is 6.08. The van der Waals surface area contributed by atoms with Crippen molar-refractivity contribution in [1.29, 1.82) is 0 Å². The fourth-order valence-electron chi connectivity index (χ4n) is 2.42. The third kappa shape index (κ3) is 5.09. The normalized spacial score (nSPS) is 16.7. The SMILES string of the molecule is Fc1ccc(CNCCOC2CCCCC2)c(Cl)c1. The van der Waals surface area contributed by atoms with Crippen molar-refractivity contribution in [3.05, 3.63) is 34.6 Å². The maximum Gasteiger partial charge on any atom is 0.124 e. The number of hydrogen-bond donors (Lipinski definition) is 1. The lowest BCUT2D eigenvalue weighted by molar-refractivity contribution is 0.0302. The summed E-state index contributed by atoms with van der Waals surface area (Å²) in [7, 11) is 0. The number of benzene rings is 1. The number of halogens is 2. The van der Waals surface area contributed by atoms with Gasteiger partial charge in [0.05, 0.1) is 12.7 Å². The first-order valence-electron chi connectivity index (χ1n) is 7.02. The summed E-state index contributed by atoms with van der Waals surface area (Å²) < 4.78 is 18.7. The summed E-state index contributed by atoms with van der Waals surface area (Å²) in [6.07, 6.45) is 6.78. The van der Waals surface area contributed by atoms with Gasteiger partial charge in [-0.05, 0) is 30.5 Å². The van der Waals surface area contributed by atoms with Gasteiger partial charge in [0.25, 0.3) is 0 Å². The molecule has 0 amide bonds. The van der Waals surface area contributed by atoms with E-state index in [0.717, 1.165) is 18.7 Å². The van der Waals surface area contributed by atoms with Crippen LogP contribution in [0.3, 0.4) is 0 Å². The Hall–Kier alpha value is -0.640. The molecule has 1 aliphatic carbocycles. The molecule has 19 heavy (non-hydrogen) atoms. The molecule has 0 aliphatic heterocycles. The molecular formula is C15H21ClFNO. The van der Waals surface area contributed by atoms with Crippen LogP contribution in [0.15, 0.2) is 18.2 Å². The first-order chi connectivity index (χ1) is 9.25. The number of ether oxygens (including phenoxy) is 1. The highest BCUT2D eigenvalue weighted by Crippen LogP contribution is 2.20. The van der Waals surface area contributed by atoms with E-state index in [2.05, 4.69) is 5.32 Å². The largest absolute Gasteiger partial charge is 0.377 e. The molecule has 0 saturated heterocycles. The first kappa shape index (κ1) is 14.8. The maximum absolute atomic E-state index is 12.9. The molecule has 2 rings (SSSR count). The molecule has 0 atom stereocenters. The van der Waals surface area contributed by atoms with Gasteiger partial charge < -0.3 is 10.1 Å². The van der Waals surface area contributed by atoms with Gasteiger partial charge in [0, 0.05) is 18.1 Å². The number of hydrogen-bond acceptors (Lipinski definition) is 2. The van der Waals surface area contributed by atoms with Gasteiger partial charge in [-0.2, -0.15) is 0 Å². The molecule has 0 unspecified atom stereocenters. The average Bonchev–Trinajstić information content (AvgIpc) is 2.42. The monoisotopic (exact) mass is 285 g/mol. The predicted molar refractivity (Wildman–Crippen MR) is 75.9 cm³/mol. The zero-order valence-corrected chi connectivity index (χ0v) is 11.9. The fourth-order valence-corrected chi connectivity index (χ4v) is 2.65. The Morgan fingerprint density at radius 2 is 2.05 bits per heavy atom. The van der Waals surface area contributed by atoms with Crippen molar-refractivity contribution in [2.75, 3.05) is 13.2 Å². The standard InChI is InChI=1S/C15H21ClFNO/c16-15-10-13(17)7-6-12(15)11-18-8-9-19-14-4-2-1-3-5-14/h6-7,10,14,18H,1-5,8-9,11H2. The number of nitrogens with one attached hydrogen (secondary N) is 1. The van der Waals surface area contributed by atoms with E-state index in [1.165, 1.54) is 44.2 Å². The van der Waals surface area contributed by atoms with Crippen molar-refractivity contribution in [2.45, 2.75) is 44.8 Å². The fraction of sp³-hybridized carbons (Fsp3) is 0.600. The summed E-state index contributed by atoms with van der Waals surface area (Å²) in [6.45, 7) is 2.17. The summed E-state index contributed by atoms with van der Waals surface area (Å²) in [5.74, 6) is -0.297. The first-order valence-corrected chi connectivity index (χ1v) is 7.40. The van der Waals surface area contributed by atoms with Crippen LogP contribution in [0.1, 0.15) is 37.7 Å². The molecule has 0 spiro atoms. The second-order valence-corrected chi connectivity index (χ2v) is 5.45. The van der Waals surface area contributed by atoms with Crippen LogP contribution in [0, 0.1) is 5.82 Å². The van der Waals surface area contributed by atoms with Crippen LogP contribution in [0.2, 0.25) is 5.02 Å². The second-order valence-electron chi connectivity index (χ2n) is 5.04.